The molecule has 0 spiro atoms. The topological polar surface area (TPSA) is 32.3 Å². The van der Waals surface area contributed by atoms with Crippen LogP contribution in [0.1, 0.15) is 11.7 Å². The molecule has 0 amide bonds. The number of aliphatic hydroxyl groups is 1. The van der Waals surface area contributed by atoms with E-state index in [-0.39, 0.29) is 0 Å². The number of hydrogen-bond acceptors (Lipinski definition) is 2. The summed E-state index contributed by atoms with van der Waals surface area (Å²) in [7, 11) is 0. The zero-order valence-corrected chi connectivity index (χ0v) is 12.5. The molecule has 0 saturated carbocycles. The van der Waals surface area contributed by atoms with Crippen LogP contribution in [0.2, 0.25) is 5.02 Å². The van der Waals surface area contributed by atoms with E-state index in [1.54, 1.807) is 6.07 Å². The van der Waals surface area contributed by atoms with Crippen molar-refractivity contribution in [3.05, 3.63) is 62.7 Å². The molecule has 0 aliphatic rings. The Morgan fingerprint density at radius 3 is 2.44 bits per heavy atom. The first-order valence-corrected chi connectivity index (χ1v) is 7.04. The van der Waals surface area contributed by atoms with Crippen molar-refractivity contribution < 1.29 is 5.11 Å². The monoisotopic (exact) mass is 373 g/mol. The molecule has 0 fully saturated rings. The fraction of sp³-hybridized carbons (Fsp3) is 0.143. The van der Waals surface area contributed by atoms with Gasteiger partial charge in [0.15, 0.2) is 0 Å². The lowest BCUT2D eigenvalue weighted by atomic mass is 10.1. The van der Waals surface area contributed by atoms with Crippen molar-refractivity contribution in [1.29, 1.82) is 0 Å². The normalized spacial score (nSPS) is 12.2. The third-order valence-electron chi connectivity index (χ3n) is 2.61. The second kappa shape index (κ2) is 6.41. The molecule has 2 rings (SSSR count). The lowest BCUT2D eigenvalue weighted by Crippen LogP contribution is -2.12. The summed E-state index contributed by atoms with van der Waals surface area (Å²) in [6.07, 6.45) is -0.613. The minimum Gasteiger partial charge on any atom is -0.387 e. The first kappa shape index (κ1) is 13.6. The van der Waals surface area contributed by atoms with Gasteiger partial charge in [-0.05, 0) is 52.9 Å². The summed E-state index contributed by atoms with van der Waals surface area (Å²) in [5.41, 5.74) is 1.73. The molecule has 0 aromatic heterocycles. The molecule has 1 atom stereocenters. The van der Waals surface area contributed by atoms with Crippen molar-refractivity contribution >= 4 is 39.9 Å². The Kier molecular flexibility index (Phi) is 4.86. The van der Waals surface area contributed by atoms with Crippen LogP contribution in [0.15, 0.2) is 48.5 Å². The number of aliphatic hydroxyl groups excluding tert-OH is 1. The third kappa shape index (κ3) is 3.60. The molecule has 2 aromatic carbocycles. The van der Waals surface area contributed by atoms with Gasteiger partial charge in [0.2, 0.25) is 0 Å². The van der Waals surface area contributed by atoms with Crippen molar-refractivity contribution in [3.8, 4) is 0 Å². The van der Waals surface area contributed by atoms with Crippen LogP contribution in [0.4, 0.5) is 5.69 Å². The van der Waals surface area contributed by atoms with E-state index >= 15 is 0 Å². The quantitative estimate of drug-likeness (QED) is 0.791. The molecule has 0 radical (unpaired) electrons. The van der Waals surface area contributed by atoms with E-state index in [2.05, 4.69) is 27.9 Å². The van der Waals surface area contributed by atoms with E-state index in [1.807, 2.05) is 42.5 Å². The highest BCUT2D eigenvalue weighted by Crippen LogP contribution is 2.23. The van der Waals surface area contributed by atoms with Gasteiger partial charge in [0.25, 0.3) is 0 Å². The smallest absolute Gasteiger partial charge is 0.0976 e. The summed E-state index contributed by atoms with van der Waals surface area (Å²) in [4.78, 5) is 0. The molecule has 0 bridgehead atoms. The molecule has 0 aliphatic carbocycles. The molecular formula is C14H13ClINO. The molecule has 4 heteroatoms. The van der Waals surface area contributed by atoms with Crippen LogP contribution in [0.5, 0.6) is 0 Å². The maximum Gasteiger partial charge on any atom is 0.0976 e. The predicted molar refractivity (Wildman–Crippen MR) is 84.1 cm³/mol. The van der Waals surface area contributed by atoms with E-state index in [4.69, 9.17) is 11.6 Å². The lowest BCUT2D eigenvalue weighted by Gasteiger charge is -2.14. The molecule has 0 aliphatic heterocycles. The first-order valence-electron chi connectivity index (χ1n) is 5.59. The molecule has 18 heavy (non-hydrogen) atoms. The van der Waals surface area contributed by atoms with E-state index in [1.165, 1.54) is 3.57 Å². The molecule has 0 saturated heterocycles. The Labute approximate surface area is 125 Å². The third-order valence-corrected chi connectivity index (χ3v) is 3.67. The highest BCUT2D eigenvalue weighted by Gasteiger charge is 2.10. The molecule has 2 aromatic rings. The Hall–Kier alpha value is -0.780. The molecule has 2 N–H and O–H groups in total. The van der Waals surface area contributed by atoms with Gasteiger partial charge in [-0.1, -0.05) is 29.8 Å². The van der Waals surface area contributed by atoms with Gasteiger partial charge in [0.05, 0.1) is 6.10 Å². The summed E-state index contributed by atoms with van der Waals surface area (Å²) < 4.78 is 1.19. The van der Waals surface area contributed by atoms with Crippen LogP contribution in [0.3, 0.4) is 0 Å². The molecular weight excluding hydrogens is 361 g/mol. The van der Waals surface area contributed by atoms with Crippen LogP contribution >= 0.6 is 34.2 Å². The average Bonchev–Trinajstić information content (AvgIpc) is 2.38. The Morgan fingerprint density at radius 2 is 1.78 bits per heavy atom. The fourth-order valence-electron chi connectivity index (χ4n) is 1.64. The summed E-state index contributed by atoms with van der Waals surface area (Å²) >= 11 is 8.29. The SMILES string of the molecule is OC(CNc1ccc(I)cc1)c1ccccc1Cl. The Morgan fingerprint density at radius 1 is 1.11 bits per heavy atom. The minimum atomic E-state index is -0.613. The van der Waals surface area contributed by atoms with Gasteiger partial charge in [-0.25, -0.2) is 0 Å². The standard InChI is InChI=1S/C14H13ClINO/c15-13-4-2-1-3-12(13)14(18)9-17-11-7-5-10(16)6-8-11/h1-8,14,17-18H,9H2. The zero-order valence-electron chi connectivity index (χ0n) is 9.61. The van der Waals surface area contributed by atoms with Gasteiger partial charge in [0.1, 0.15) is 0 Å². The lowest BCUT2D eigenvalue weighted by molar-refractivity contribution is 0.192. The van der Waals surface area contributed by atoms with Crippen LogP contribution in [0.25, 0.3) is 0 Å². The first-order chi connectivity index (χ1) is 8.66. The van der Waals surface area contributed by atoms with Gasteiger partial charge in [0, 0.05) is 26.4 Å². The van der Waals surface area contributed by atoms with Gasteiger partial charge < -0.3 is 10.4 Å². The van der Waals surface area contributed by atoms with E-state index in [0.717, 1.165) is 11.3 Å². The second-order valence-electron chi connectivity index (χ2n) is 3.93. The summed E-state index contributed by atoms with van der Waals surface area (Å²) in [6.45, 7) is 0.435. The van der Waals surface area contributed by atoms with E-state index in [9.17, 15) is 5.11 Å². The maximum absolute atomic E-state index is 10.1. The number of benzene rings is 2. The van der Waals surface area contributed by atoms with Crippen molar-refractivity contribution in [2.75, 3.05) is 11.9 Å². The highest BCUT2D eigenvalue weighted by molar-refractivity contribution is 14.1. The molecule has 2 nitrogen and oxygen atoms in total. The molecule has 94 valence electrons. The zero-order chi connectivity index (χ0) is 13.0. The van der Waals surface area contributed by atoms with Gasteiger partial charge in [-0.3, -0.25) is 0 Å². The number of halogens is 2. The summed E-state index contributed by atoms with van der Waals surface area (Å²) in [5.74, 6) is 0. The number of anilines is 1. The minimum absolute atomic E-state index is 0.435. The highest BCUT2D eigenvalue weighted by atomic mass is 127. The van der Waals surface area contributed by atoms with Crippen molar-refractivity contribution in [2.24, 2.45) is 0 Å². The van der Waals surface area contributed by atoms with Crippen LogP contribution in [-0.2, 0) is 0 Å². The predicted octanol–water partition coefficient (Wildman–Crippen LogP) is 4.09. The van der Waals surface area contributed by atoms with Crippen molar-refractivity contribution in [1.82, 2.24) is 0 Å². The largest absolute Gasteiger partial charge is 0.387 e. The Balaban J connectivity index is 1.98. The van der Waals surface area contributed by atoms with Crippen molar-refractivity contribution in [3.63, 3.8) is 0 Å². The van der Waals surface area contributed by atoms with Crippen LogP contribution in [-0.4, -0.2) is 11.7 Å². The Bertz CT molecular complexity index is 515. The summed E-state index contributed by atoms with van der Waals surface area (Å²) in [6, 6.07) is 15.4. The number of hydrogen-bond donors (Lipinski definition) is 2. The number of nitrogens with one attached hydrogen (secondary N) is 1. The maximum atomic E-state index is 10.1. The van der Waals surface area contributed by atoms with E-state index in [0.29, 0.717) is 11.6 Å². The molecule has 1 unspecified atom stereocenters. The van der Waals surface area contributed by atoms with Crippen LogP contribution < -0.4 is 5.32 Å². The second-order valence-corrected chi connectivity index (χ2v) is 5.58. The van der Waals surface area contributed by atoms with E-state index < -0.39 is 6.10 Å². The molecule has 0 heterocycles. The van der Waals surface area contributed by atoms with Crippen LogP contribution in [0, 0.1) is 3.57 Å². The van der Waals surface area contributed by atoms with Crippen molar-refractivity contribution in [2.45, 2.75) is 6.10 Å². The van der Waals surface area contributed by atoms with Gasteiger partial charge in [-0.15, -0.1) is 0 Å². The fourth-order valence-corrected chi connectivity index (χ4v) is 2.26. The summed E-state index contributed by atoms with van der Waals surface area (Å²) in [5, 5.41) is 13.8. The van der Waals surface area contributed by atoms with Gasteiger partial charge in [-0.2, -0.15) is 0 Å². The van der Waals surface area contributed by atoms with Gasteiger partial charge >= 0.3 is 0 Å². The number of rotatable bonds is 4. The average molecular weight is 374 g/mol.